The predicted octanol–water partition coefficient (Wildman–Crippen LogP) is 3.60. The summed E-state index contributed by atoms with van der Waals surface area (Å²) in [6.45, 7) is 2.33. The summed E-state index contributed by atoms with van der Waals surface area (Å²) in [5.41, 5.74) is 1.91. The number of thioether (sulfide) groups is 1. The Hall–Kier alpha value is -1.72. The number of nitrogens with one attached hydrogen (secondary N) is 1. The van der Waals surface area contributed by atoms with Crippen molar-refractivity contribution in [3.05, 3.63) is 58.4 Å². The van der Waals surface area contributed by atoms with Crippen LogP contribution in [0.2, 0.25) is 0 Å². The molecule has 1 fully saturated rings. The molecule has 0 unspecified atom stereocenters. The van der Waals surface area contributed by atoms with Crippen LogP contribution in [0.15, 0.2) is 52.1 Å². The molecule has 1 saturated heterocycles. The number of aryl methyl sites for hydroxylation is 1. The minimum Gasteiger partial charge on any atom is -0.354 e. The number of carbonyl (C=O) groups is 1. The summed E-state index contributed by atoms with van der Waals surface area (Å²) in [4.78, 5) is 18.7. The van der Waals surface area contributed by atoms with Gasteiger partial charge in [-0.05, 0) is 30.5 Å². The summed E-state index contributed by atoms with van der Waals surface area (Å²) in [7, 11) is -3.71. The van der Waals surface area contributed by atoms with Crippen LogP contribution in [0.1, 0.15) is 11.3 Å². The van der Waals surface area contributed by atoms with Gasteiger partial charge in [0.05, 0.1) is 21.3 Å². The summed E-state index contributed by atoms with van der Waals surface area (Å²) >= 11 is 4.69. The Morgan fingerprint density at radius 3 is 2.77 bits per heavy atom. The average Bonchev–Trinajstić information content (AvgIpc) is 3.48. The Morgan fingerprint density at radius 2 is 2.03 bits per heavy atom. The minimum atomic E-state index is -3.71. The second kappa shape index (κ2) is 9.19. The number of amides is 1. The van der Waals surface area contributed by atoms with Crippen molar-refractivity contribution in [2.75, 3.05) is 18.2 Å². The molecule has 1 amide bonds. The number of hydrogen-bond acceptors (Lipinski definition) is 7. The van der Waals surface area contributed by atoms with Crippen molar-refractivity contribution in [1.82, 2.24) is 14.6 Å². The maximum atomic E-state index is 13.0. The molecule has 3 aromatic rings. The van der Waals surface area contributed by atoms with Crippen LogP contribution in [-0.2, 0) is 21.2 Å². The molecule has 4 rings (SSSR count). The van der Waals surface area contributed by atoms with Crippen LogP contribution < -0.4 is 5.32 Å². The lowest BCUT2D eigenvalue weighted by Crippen LogP contribution is -2.47. The van der Waals surface area contributed by atoms with Crippen molar-refractivity contribution < 1.29 is 13.2 Å². The highest BCUT2D eigenvalue weighted by atomic mass is 32.2. The number of hydrogen-bond donors (Lipinski definition) is 1. The largest absolute Gasteiger partial charge is 0.354 e. The Bertz CT molecular complexity index is 1110. The molecule has 1 N–H and O–H groups in total. The Balaban J connectivity index is 1.36. The fraction of sp³-hybridized carbons (Fsp3) is 0.300. The Kier molecular flexibility index (Phi) is 6.59. The molecular formula is C20H21N3O3S4. The SMILES string of the molecule is Cc1ccc(S(=O)(=O)N2CSC[C@@H]2C(=O)NCCc2csc(-c3cccs3)n2)cc1. The molecule has 1 aliphatic heterocycles. The van der Waals surface area contributed by atoms with E-state index in [1.54, 1.807) is 46.9 Å². The Morgan fingerprint density at radius 1 is 1.23 bits per heavy atom. The van der Waals surface area contributed by atoms with Crippen LogP contribution in [0.4, 0.5) is 0 Å². The van der Waals surface area contributed by atoms with E-state index in [4.69, 9.17) is 0 Å². The van der Waals surface area contributed by atoms with Gasteiger partial charge in [0.25, 0.3) is 0 Å². The van der Waals surface area contributed by atoms with Gasteiger partial charge in [-0.2, -0.15) is 4.31 Å². The zero-order valence-corrected chi connectivity index (χ0v) is 19.5. The van der Waals surface area contributed by atoms with Gasteiger partial charge in [-0.15, -0.1) is 34.4 Å². The second-order valence-corrected chi connectivity index (χ2v) is 11.6. The van der Waals surface area contributed by atoms with Gasteiger partial charge in [-0.1, -0.05) is 23.8 Å². The monoisotopic (exact) mass is 479 g/mol. The molecule has 1 aliphatic rings. The standard InChI is InChI=1S/C20H21N3O3S4/c1-14-4-6-16(7-5-14)30(25,26)23-13-27-12-17(23)19(24)21-9-8-15-11-29-20(22-15)18-3-2-10-28-18/h2-7,10-11,17H,8-9,12-13H2,1H3,(H,21,24)/t17-/m1/s1. The quantitative estimate of drug-likeness (QED) is 0.560. The minimum absolute atomic E-state index is 0.219. The van der Waals surface area contributed by atoms with Gasteiger partial charge in [-0.25, -0.2) is 13.4 Å². The average molecular weight is 480 g/mol. The van der Waals surface area contributed by atoms with Crippen LogP contribution >= 0.6 is 34.4 Å². The number of aromatic nitrogens is 1. The van der Waals surface area contributed by atoms with E-state index in [2.05, 4.69) is 10.3 Å². The number of carbonyl (C=O) groups excluding carboxylic acids is 1. The first-order valence-corrected chi connectivity index (χ1v) is 13.7. The van der Waals surface area contributed by atoms with Crippen molar-refractivity contribution in [2.45, 2.75) is 24.3 Å². The third-order valence-electron chi connectivity index (χ3n) is 4.74. The van der Waals surface area contributed by atoms with E-state index in [1.807, 2.05) is 29.8 Å². The van der Waals surface area contributed by atoms with E-state index in [0.717, 1.165) is 21.1 Å². The van der Waals surface area contributed by atoms with E-state index in [9.17, 15) is 13.2 Å². The van der Waals surface area contributed by atoms with Crippen molar-refractivity contribution in [2.24, 2.45) is 0 Å². The van der Waals surface area contributed by atoms with E-state index in [0.29, 0.717) is 18.7 Å². The highest BCUT2D eigenvalue weighted by Gasteiger charge is 2.39. The van der Waals surface area contributed by atoms with E-state index >= 15 is 0 Å². The summed E-state index contributed by atoms with van der Waals surface area (Å²) < 4.78 is 27.3. The van der Waals surface area contributed by atoms with Crippen LogP contribution in [0.5, 0.6) is 0 Å². The van der Waals surface area contributed by atoms with Crippen molar-refractivity contribution >= 4 is 50.4 Å². The van der Waals surface area contributed by atoms with Crippen molar-refractivity contribution in [3.63, 3.8) is 0 Å². The number of nitrogens with zero attached hydrogens (tertiary/aromatic N) is 2. The topological polar surface area (TPSA) is 79.4 Å². The number of benzene rings is 1. The van der Waals surface area contributed by atoms with E-state index in [1.165, 1.54) is 16.1 Å². The lowest BCUT2D eigenvalue weighted by Gasteiger charge is -2.22. The third-order valence-corrected chi connectivity index (χ3v) is 9.71. The molecular weight excluding hydrogens is 459 g/mol. The molecule has 10 heteroatoms. The van der Waals surface area contributed by atoms with Crippen LogP contribution in [0.3, 0.4) is 0 Å². The third kappa shape index (κ3) is 4.62. The number of thiophene rings is 1. The van der Waals surface area contributed by atoms with Crippen LogP contribution in [-0.4, -0.2) is 47.8 Å². The fourth-order valence-corrected chi connectivity index (χ4v) is 7.90. The maximum absolute atomic E-state index is 13.0. The molecule has 1 aromatic carbocycles. The molecule has 6 nitrogen and oxygen atoms in total. The summed E-state index contributed by atoms with van der Waals surface area (Å²) in [6, 6.07) is 10.1. The molecule has 0 saturated carbocycles. The van der Waals surface area contributed by atoms with Crippen LogP contribution in [0.25, 0.3) is 9.88 Å². The first-order chi connectivity index (χ1) is 14.4. The van der Waals surface area contributed by atoms with Gasteiger partial charge in [0.2, 0.25) is 15.9 Å². The predicted molar refractivity (Wildman–Crippen MR) is 123 cm³/mol. The highest BCUT2D eigenvalue weighted by molar-refractivity contribution is 8.00. The molecule has 1 atom stereocenters. The molecule has 0 bridgehead atoms. The van der Waals surface area contributed by atoms with Gasteiger partial charge in [0, 0.05) is 24.1 Å². The van der Waals surface area contributed by atoms with Gasteiger partial charge in [0.15, 0.2) is 0 Å². The molecule has 0 radical (unpaired) electrons. The van der Waals surface area contributed by atoms with Gasteiger partial charge in [0.1, 0.15) is 11.0 Å². The fourth-order valence-electron chi connectivity index (χ4n) is 3.08. The lowest BCUT2D eigenvalue weighted by atomic mass is 10.2. The number of sulfonamides is 1. The molecule has 2 aromatic heterocycles. The highest BCUT2D eigenvalue weighted by Crippen LogP contribution is 2.29. The second-order valence-electron chi connectivity index (χ2n) is 6.88. The zero-order chi connectivity index (χ0) is 21.1. The summed E-state index contributed by atoms with van der Waals surface area (Å²) in [6.07, 6.45) is 0.609. The van der Waals surface area contributed by atoms with Gasteiger partial charge < -0.3 is 5.32 Å². The van der Waals surface area contributed by atoms with E-state index < -0.39 is 16.1 Å². The molecule has 30 heavy (non-hydrogen) atoms. The number of rotatable bonds is 7. The first kappa shape index (κ1) is 21.5. The van der Waals surface area contributed by atoms with Crippen LogP contribution in [0, 0.1) is 6.92 Å². The van der Waals surface area contributed by atoms with Crippen molar-refractivity contribution in [1.29, 1.82) is 0 Å². The zero-order valence-electron chi connectivity index (χ0n) is 16.3. The first-order valence-electron chi connectivity index (χ1n) is 9.37. The van der Waals surface area contributed by atoms with E-state index in [-0.39, 0.29) is 16.7 Å². The smallest absolute Gasteiger partial charge is 0.244 e. The lowest BCUT2D eigenvalue weighted by molar-refractivity contribution is -0.123. The maximum Gasteiger partial charge on any atom is 0.244 e. The normalized spacial score (nSPS) is 17.3. The van der Waals surface area contributed by atoms with Crippen molar-refractivity contribution in [3.8, 4) is 9.88 Å². The summed E-state index contributed by atoms with van der Waals surface area (Å²) in [5, 5.41) is 7.89. The van der Waals surface area contributed by atoms with Gasteiger partial charge >= 0.3 is 0 Å². The molecule has 0 spiro atoms. The molecule has 3 heterocycles. The summed E-state index contributed by atoms with van der Waals surface area (Å²) in [5.74, 6) is 0.477. The molecule has 0 aliphatic carbocycles. The molecule has 158 valence electrons. The number of thiazole rings is 1. The van der Waals surface area contributed by atoms with Gasteiger partial charge in [-0.3, -0.25) is 4.79 Å². The Labute approximate surface area is 188 Å².